The lowest BCUT2D eigenvalue weighted by molar-refractivity contribution is 0.146. The maximum Gasteiger partial charge on any atom is 0.280 e. The second-order valence-corrected chi connectivity index (χ2v) is 7.67. The van der Waals surface area contributed by atoms with Crippen molar-refractivity contribution in [1.29, 1.82) is 0 Å². The molecule has 2 aliphatic rings. The van der Waals surface area contributed by atoms with Crippen LogP contribution in [0.1, 0.15) is 31.9 Å². The smallest absolute Gasteiger partial charge is 0.280 e. The highest BCUT2D eigenvalue weighted by molar-refractivity contribution is 5.53. The summed E-state index contributed by atoms with van der Waals surface area (Å²) < 4.78 is 52.8. The van der Waals surface area contributed by atoms with Crippen molar-refractivity contribution in [2.45, 2.75) is 32.3 Å². The van der Waals surface area contributed by atoms with Crippen LogP contribution in [0.3, 0.4) is 0 Å². The number of aryl methyl sites for hydroxylation is 1. The summed E-state index contributed by atoms with van der Waals surface area (Å²) in [5.74, 6) is 2.35. The maximum absolute atomic E-state index is 13.0. The molecule has 1 saturated heterocycles. The standard InChI is InChI=1S/C22H22F2N4O4/c1-13-10-19-25-16(21(23)24)12-20(29)28(19)26-22(13)27-6-4-14(5-7-27)32-15-2-3-17-18(11-15)31-9-8-30-17/h2-3,10-12,14,21H,4-9H2,1H3/i14D. The van der Waals surface area contributed by atoms with Crippen molar-refractivity contribution in [3.8, 4) is 17.2 Å². The summed E-state index contributed by atoms with van der Waals surface area (Å²) in [4.78, 5) is 18.1. The van der Waals surface area contributed by atoms with Gasteiger partial charge in [-0.1, -0.05) is 0 Å². The predicted molar refractivity (Wildman–Crippen MR) is 112 cm³/mol. The van der Waals surface area contributed by atoms with Gasteiger partial charge in [-0.25, -0.2) is 13.8 Å². The van der Waals surface area contributed by atoms with Gasteiger partial charge in [0.25, 0.3) is 12.0 Å². The van der Waals surface area contributed by atoms with E-state index >= 15 is 0 Å². The number of anilines is 1. The lowest BCUT2D eigenvalue weighted by Gasteiger charge is -2.33. The highest BCUT2D eigenvalue weighted by atomic mass is 19.3. The molecule has 2 aromatic heterocycles. The summed E-state index contributed by atoms with van der Waals surface area (Å²) in [6, 6.07) is 7.65. The Morgan fingerprint density at radius 1 is 1.16 bits per heavy atom. The van der Waals surface area contributed by atoms with Crippen LogP contribution in [-0.4, -0.2) is 47.0 Å². The molecular weight excluding hydrogens is 422 g/mol. The van der Waals surface area contributed by atoms with E-state index in [-0.39, 0.29) is 5.65 Å². The fourth-order valence-corrected chi connectivity index (χ4v) is 3.89. The quantitative estimate of drug-likeness (QED) is 0.611. The lowest BCUT2D eigenvalue weighted by Crippen LogP contribution is -2.39. The molecule has 32 heavy (non-hydrogen) atoms. The van der Waals surface area contributed by atoms with E-state index in [2.05, 4.69) is 10.1 Å². The van der Waals surface area contributed by atoms with Crippen LogP contribution in [0.25, 0.3) is 5.65 Å². The number of halogens is 2. The first-order valence-electron chi connectivity index (χ1n) is 10.8. The fourth-order valence-electron chi connectivity index (χ4n) is 3.89. The van der Waals surface area contributed by atoms with Gasteiger partial charge in [0.1, 0.15) is 30.7 Å². The summed E-state index contributed by atoms with van der Waals surface area (Å²) in [5.41, 5.74) is -0.445. The summed E-state index contributed by atoms with van der Waals surface area (Å²) in [6.45, 7) is 3.72. The third kappa shape index (κ3) is 3.92. The van der Waals surface area contributed by atoms with Gasteiger partial charge in [0.15, 0.2) is 23.0 Å². The van der Waals surface area contributed by atoms with Gasteiger partial charge in [-0.2, -0.15) is 4.52 Å². The van der Waals surface area contributed by atoms with Crippen molar-refractivity contribution in [2.24, 2.45) is 0 Å². The Kier molecular flexibility index (Phi) is 4.97. The van der Waals surface area contributed by atoms with Gasteiger partial charge in [-0.15, -0.1) is 5.10 Å². The number of benzene rings is 1. The molecule has 0 bridgehead atoms. The van der Waals surface area contributed by atoms with Crippen LogP contribution in [0.4, 0.5) is 14.6 Å². The normalized spacial score (nSPS) is 18.0. The molecule has 0 amide bonds. The van der Waals surface area contributed by atoms with E-state index in [0.29, 0.717) is 67.8 Å². The van der Waals surface area contributed by atoms with Crippen LogP contribution in [0.15, 0.2) is 35.1 Å². The predicted octanol–water partition coefficient (Wildman–Crippen LogP) is 3.15. The van der Waals surface area contributed by atoms with E-state index in [1.807, 2.05) is 4.90 Å². The molecule has 1 fully saturated rings. The second-order valence-electron chi connectivity index (χ2n) is 7.67. The van der Waals surface area contributed by atoms with Gasteiger partial charge in [0.05, 0.1) is 1.37 Å². The molecule has 5 rings (SSSR count). The number of aromatic nitrogens is 3. The van der Waals surface area contributed by atoms with Gasteiger partial charge in [-0.3, -0.25) is 4.79 Å². The van der Waals surface area contributed by atoms with Crippen LogP contribution < -0.4 is 24.7 Å². The van der Waals surface area contributed by atoms with Crippen molar-refractivity contribution in [3.05, 3.63) is 51.9 Å². The molecule has 0 N–H and O–H groups in total. The average molecular weight is 445 g/mol. The average Bonchev–Trinajstić information content (AvgIpc) is 2.79. The molecule has 10 heteroatoms. The van der Waals surface area contributed by atoms with Crippen molar-refractivity contribution in [3.63, 3.8) is 0 Å². The largest absolute Gasteiger partial charge is 0.490 e. The molecular formula is C22H22F2N4O4. The van der Waals surface area contributed by atoms with E-state index in [4.69, 9.17) is 15.6 Å². The Morgan fingerprint density at radius 3 is 2.66 bits per heavy atom. The Labute approximate surface area is 183 Å². The third-order valence-corrected chi connectivity index (χ3v) is 5.45. The Bertz CT molecular complexity index is 1260. The Morgan fingerprint density at radius 2 is 1.91 bits per heavy atom. The summed E-state index contributed by atoms with van der Waals surface area (Å²) in [5, 5.41) is 4.37. The SMILES string of the molecule is [2H]C1(Oc2ccc3c(c2)OCCO3)CCN(c2nn3c(=O)cc(C(F)F)nc3cc2C)CC1. The van der Waals surface area contributed by atoms with Gasteiger partial charge in [0, 0.05) is 38.1 Å². The highest BCUT2D eigenvalue weighted by Gasteiger charge is 2.24. The minimum Gasteiger partial charge on any atom is -0.490 e. The summed E-state index contributed by atoms with van der Waals surface area (Å²) >= 11 is 0. The van der Waals surface area contributed by atoms with Crippen molar-refractivity contribution in [1.82, 2.24) is 14.6 Å². The molecule has 0 spiro atoms. The molecule has 1 aromatic carbocycles. The summed E-state index contributed by atoms with van der Waals surface area (Å²) in [6.07, 6.45) is -3.16. The van der Waals surface area contributed by atoms with Gasteiger partial charge < -0.3 is 19.1 Å². The molecule has 0 aliphatic carbocycles. The van der Waals surface area contributed by atoms with Crippen LogP contribution in [0.5, 0.6) is 17.2 Å². The third-order valence-electron chi connectivity index (χ3n) is 5.45. The molecule has 8 nitrogen and oxygen atoms in total. The number of ether oxygens (including phenoxy) is 3. The van der Waals surface area contributed by atoms with Gasteiger partial charge >= 0.3 is 0 Å². The van der Waals surface area contributed by atoms with Gasteiger partial charge in [0.2, 0.25) is 0 Å². The first kappa shape index (κ1) is 19.3. The number of alkyl halides is 2. The zero-order valence-electron chi connectivity index (χ0n) is 18.4. The molecule has 0 radical (unpaired) electrons. The molecule has 168 valence electrons. The topological polar surface area (TPSA) is 78.2 Å². The number of rotatable bonds is 4. The maximum atomic E-state index is 13.0. The first-order valence-corrected chi connectivity index (χ1v) is 10.3. The Hall–Kier alpha value is -3.43. The highest BCUT2D eigenvalue weighted by Crippen LogP contribution is 2.34. The Balaban J connectivity index is 1.33. The zero-order chi connectivity index (χ0) is 23.2. The number of nitrogens with zero attached hydrogens (tertiary/aromatic N) is 4. The number of hydrogen-bond acceptors (Lipinski definition) is 7. The number of fused-ring (bicyclic) bond motifs is 2. The first-order chi connectivity index (χ1) is 15.8. The molecule has 0 unspecified atom stereocenters. The molecule has 2 aliphatic heterocycles. The van der Waals surface area contributed by atoms with Gasteiger partial charge in [-0.05, 0) is 30.7 Å². The molecule has 0 atom stereocenters. The van der Waals surface area contributed by atoms with Crippen LogP contribution in [-0.2, 0) is 0 Å². The number of hydrogen-bond donors (Lipinski definition) is 0. The molecule has 4 heterocycles. The van der Waals surface area contributed by atoms with Crippen LogP contribution >= 0.6 is 0 Å². The zero-order valence-corrected chi connectivity index (χ0v) is 17.4. The van der Waals surface area contributed by atoms with Crippen LogP contribution in [0, 0.1) is 6.92 Å². The van der Waals surface area contributed by atoms with E-state index in [9.17, 15) is 13.6 Å². The van der Waals surface area contributed by atoms with Crippen LogP contribution in [0.2, 0.25) is 0 Å². The fraction of sp³-hybridized carbons (Fsp3) is 0.409. The monoisotopic (exact) mass is 445 g/mol. The lowest BCUT2D eigenvalue weighted by atomic mass is 10.1. The van der Waals surface area contributed by atoms with E-state index in [1.165, 1.54) is 0 Å². The van der Waals surface area contributed by atoms with E-state index < -0.39 is 23.8 Å². The van der Waals surface area contributed by atoms with E-state index in [1.54, 1.807) is 31.2 Å². The minimum absolute atomic E-state index is 0.0767. The minimum atomic E-state index is -2.83. The summed E-state index contributed by atoms with van der Waals surface area (Å²) in [7, 11) is 0. The van der Waals surface area contributed by atoms with E-state index in [0.717, 1.165) is 10.6 Å². The van der Waals surface area contributed by atoms with Crippen molar-refractivity contribution < 1.29 is 24.4 Å². The van der Waals surface area contributed by atoms with Crippen molar-refractivity contribution in [2.75, 3.05) is 31.2 Å². The molecule has 0 saturated carbocycles. The van der Waals surface area contributed by atoms with Crippen molar-refractivity contribution >= 4 is 11.5 Å². The number of piperidine rings is 1. The molecule has 3 aromatic rings. The second kappa shape index (κ2) is 8.25.